The fourth-order valence-corrected chi connectivity index (χ4v) is 4.39. The van der Waals surface area contributed by atoms with Crippen molar-refractivity contribution in [2.24, 2.45) is 11.8 Å². The highest BCUT2D eigenvalue weighted by Crippen LogP contribution is 2.30. The van der Waals surface area contributed by atoms with Gasteiger partial charge in [0.2, 0.25) is 0 Å². The molecule has 2 aromatic rings. The van der Waals surface area contributed by atoms with Gasteiger partial charge in [0.1, 0.15) is 5.75 Å². The first-order valence-corrected chi connectivity index (χ1v) is 12.8. The second-order valence-electron chi connectivity index (χ2n) is 9.33. The monoisotopic (exact) mass is 448 g/mol. The van der Waals surface area contributed by atoms with Gasteiger partial charge in [-0.15, -0.1) is 0 Å². The lowest BCUT2D eigenvalue weighted by Gasteiger charge is -2.26. The Balaban J connectivity index is 1.43. The Bertz CT molecular complexity index is 843. The van der Waals surface area contributed by atoms with E-state index in [0.29, 0.717) is 17.2 Å². The van der Waals surface area contributed by atoms with Gasteiger partial charge in [-0.3, -0.25) is 0 Å². The summed E-state index contributed by atoms with van der Waals surface area (Å²) in [4.78, 5) is 12.5. The summed E-state index contributed by atoms with van der Waals surface area (Å²) in [7, 11) is 0. The van der Waals surface area contributed by atoms with Crippen LogP contribution in [0.2, 0.25) is 0 Å². The first-order valence-electron chi connectivity index (χ1n) is 12.8. The van der Waals surface area contributed by atoms with Gasteiger partial charge in [0.05, 0.1) is 5.56 Å². The second kappa shape index (κ2) is 14.0. The maximum Gasteiger partial charge on any atom is 0.343 e. The van der Waals surface area contributed by atoms with E-state index >= 15 is 0 Å². The van der Waals surface area contributed by atoms with Gasteiger partial charge >= 0.3 is 5.97 Å². The average molecular weight is 449 g/mol. The quantitative estimate of drug-likeness (QED) is 0.188. The molecule has 0 atom stereocenters. The SMILES string of the molecule is CCCCCc1ccc(OC(=O)c2ccc(C=CC3CCC(COCCC)CC3)cc2)cc1. The number of esters is 1. The largest absolute Gasteiger partial charge is 0.423 e. The van der Waals surface area contributed by atoms with Crippen LogP contribution in [0.3, 0.4) is 0 Å². The molecular weight excluding hydrogens is 408 g/mol. The summed E-state index contributed by atoms with van der Waals surface area (Å²) >= 11 is 0. The summed E-state index contributed by atoms with van der Waals surface area (Å²) < 4.78 is 11.3. The molecule has 0 heterocycles. The molecule has 0 spiro atoms. The zero-order valence-electron chi connectivity index (χ0n) is 20.4. The van der Waals surface area contributed by atoms with E-state index in [1.165, 1.54) is 50.5 Å². The molecule has 1 aliphatic rings. The molecule has 2 aromatic carbocycles. The van der Waals surface area contributed by atoms with Crippen LogP contribution in [0.15, 0.2) is 54.6 Å². The fourth-order valence-electron chi connectivity index (χ4n) is 4.39. The maximum atomic E-state index is 12.5. The highest BCUT2D eigenvalue weighted by Gasteiger charge is 2.19. The highest BCUT2D eigenvalue weighted by atomic mass is 16.5. The Morgan fingerprint density at radius 3 is 2.30 bits per heavy atom. The van der Waals surface area contributed by atoms with Crippen molar-refractivity contribution in [3.63, 3.8) is 0 Å². The predicted molar refractivity (Wildman–Crippen MR) is 137 cm³/mol. The van der Waals surface area contributed by atoms with E-state index in [1.807, 2.05) is 36.4 Å². The van der Waals surface area contributed by atoms with Crippen LogP contribution >= 0.6 is 0 Å². The van der Waals surface area contributed by atoms with Crippen LogP contribution in [0.5, 0.6) is 5.75 Å². The Labute approximate surface area is 200 Å². The Hall–Kier alpha value is -2.39. The molecule has 3 rings (SSSR count). The number of aryl methyl sites for hydroxylation is 1. The van der Waals surface area contributed by atoms with Crippen molar-refractivity contribution in [3.8, 4) is 5.75 Å². The smallest absolute Gasteiger partial charge is 0.343 e. The lowest BCUT2D eigenvalue weighted by Crippen LogP contribution is -2.18. The first-order chi connectivity index (χ1) is 16.2. The summed E-state index contributed by atoms with van der Waals surface area (Å²) in [5, 5.41) is 0. The molecule has 1 fully saturated rings. The van der Waals surface area contributed by atoms with Crippen molar-refractivity contribution in [1.82, 2.24) is 0 Å². The van der Waals surface area contributed by atoms with Crippen LogP contribution in [0.25, 0.3) is 6.08 Å². The summed E-state index contributed by atoms with van der Waals surface area (Å²) in [6.45, 7) is 6.17. The Morgan fingerprint density at radius 1 is 0.909 bits per heavy atom. The van der Waals surface area contributed by atoms with E-state index in [-0.39, 0.29) is 5.97 Å². The molecule has 0 radical (unpaired) electrons. The van der Waals surface area contributed by atoms with E-state index < -0.39 is 0 Å². The van der Waals surface area contributed by atoms with Gasteiger partial charge in [-0.1, -0.05) is 63.1 Å². The molecule has 33 heavy (non-hydrogen) atoms. The number of benzene rings is 2. The van der Waals surface area contributed by atoms with Crippen molar-refractivity contribution in [3.05, 3.63) is 71.3 Å². The number of ether oxygens (including phenoxy) is 2. The number of carbonyl (C=O) groups is 1. The maximum absolute atomic E-state index is 12.5. The van der Waals surface area contributed by atoms with E-state index in [9.17, 15) is 4.79 Å². The molecule has 1 saturated carbocycles. The fraction of sp³-hybridized carbons (Fsp3) is 0.500. The molecule has 0 aliphatic heterocycles. The lowest BCUT2D eigenvalue weighted by molar-refractivity contribution is 0.0734. The van der Waals surface area contributed by atoms with Gasteiger partial charge in [-0.25, -0.2) is 4.79 Å². The van der Waals surface area contributed by atoms with Crippen molar-refractivity contribution >= 4 is 12.0 Å². The second-order valence-corrected chi connectivity index (χ2v) is 9.33. The Morgan fingerprint density at radius 2 is 1.64 bits per heavy atom. The van der Waals surface area contributed by atoms with Crippen molar-refractivity contribution in [1.29, 1.82) is 0 Å². The molecule has 3 heteroatoms. The first kappa shape index (κ1) is 25.2. The minimum Gasteiger partial charge on any atom is -0.423 e. The van der Waals surface area contributed by atoms with Gasteiger partial charge in [-0.2, -0.15) is 0 Å². The molecule has 0 N–H and O–H groups in total. The van der Waals surface area contributed by atoms with Gasteiger partial charge in [0.15, 0.2) is 0 Å². The third-order valence-corrected chi connectivity index (χ3v) is 6.50. The molecule has 0 bridgehead atoms. The van der Waals surface area contributed by atoms with Crippen LogP contribution in [0.1, 0.15) is 86.7 Å². The topological polar surface area (TPSA) is 35.5 Å². The minimum atomic E-state index is -0.312. The van der Waals surface area contributed by atoms with Crippen LogP contribution in [-0.2, 0) is 11.2 Å². The molecular formula is C30H40O3. The average Bonchev–Trinajstić information content (AvgIpc) is 2.85. The third-order valence-electron chi connectivity index (χ3n) is 6.50. The standard InChI is InChI=1S/C30H40O3/c1-3-5-6-7-24-16-20-29(21-17-24)33-30(31)28-18-14-26(15-19-28)9-8-25-10-12-27(13-11-25)23-32-22-4-2/h8-9,14-21,25,27H,3-7,10-13,22-23H2,1-2H3. The summed E-state index contributed by atoms with van der Waals surface area (Å²) in [6.07, 6.45) is 15.3. The third kappa shape index (κ3) is 8.81. The van der Waals surface area contributed by atoms with Gasteiger partial charge in [-0.05, 0) is 92.2 Å². The number of unbranched alkanes of at least 4 members (excludes halogenated alkanes) is 2. The summed E-state index contributed by atoms with van der Waals surface area (Å²) in [5.74, 6) is 1.65. The van der Waals surface area contributed by atoms with Crippen molar-refractivity contribution in [2.45, 2.75) is 71.6 Å². The number of rotatable bonds is 12. The predicted octanol–water partition coefficient (Wildman–Crippen LogP) is 7.88. The van der Waals surface area contributed by atoms with E-state index in [1.54, 1.807) is 0 Å². The molecule has 3 nitrogen and oxygen atoms in total. The molecule has 1 aliphatic carbocycles. The molecule has 0 amide bonds. The normalized spacial score (nSPS) is 18.5. The highest BCUT2D eigenvalue weighted by molar-refractivity contribution is 5.91. The van der Waals surface area contributed by atoms with Crippen LogP contribution in [0, 0.1) is 11.8 Å². The molecule has 0 unspecified atom stereocenters. The van der Waals surface area contributed by atoms with Crippen molar-refractivity contribution in [2.75, 3.05) is 13.2 Å². The lowest BCUT2D eigenvalue weighted by atomic mass is 9.82. The van der Waals surface area contributed by atoms with E-state index in [2.05, 4.69) is 38.1 Å². The van der Waals surface area contributed by atoms with E-state index in [0.717, 1.165) is 37.5 Å². The van der Waals surface area contributed by atoms with E-state index in [4.69, 9.17) is 9.47 Å². The van der Waals surface area contributed by atoms with Gasteiger partial charge in [0.25, 0.3) is 0 Å². The molecule has 0 saturated heterocycles. The van der Waals surface area contributed by atoms with Gasteiger partial charge < -0.3 is 9.47 Å². The van der Waals surface area contributed by atoms with Crippen LogP contribution < -0.4 is 4.74 Å². The molecule has 178 valence electrons. The number of carbonyl (C=O) groups excluding carboxylic acids is 1. The summed E-state index contributed by atoms with van der Waals surface area (Å²) in [6, 6.07) is 15.6. The van der Waals surface area contributed by atoms with Gasteiger partial charge in [0, 0.05) is 13.2 Å². The zero-order valence-corrected chi connectivity index (χ0v) is 20.4. The van der Waals surface area contributed by atoms with Crippen molar-refractivity contribution < 1.29 is 14.3 Å². The number of hydrogen-bond donors (Lipinski definition) is 0. The number of allylic oxidation sites excluding steroid dienone is 1. The van der Waals surface area contributed by atoms with Crippen LogP contribution in [0.4, 0.5) is 0 Å². The molecule has 0 aromatic heterocycles. The zero-order chi connectivity index (χ0) is 23.3. The Kier molecular flexibility index (Phi) is 10.7. The van der Waals surface area contributed by atoms with Crippen LogP contribution in [-0.4, -0.2) is 19.2 Å². The summed E-state index contributed by atoms with van der Waals surface area (Å²) in [5.41, 5.74) is 2.99. The number of hydrogen-bond acceptors (Lipinski definition) is 3. The minimum absolute atomic E-state index is 0.312.